The summed E-state index contributed by atoms with van der Waals surface area (Å²) in [5.74, 6) is 0.781. The van der Waals surface area contributed by atoms with Crippen LogP contribution in [0.1, 0.15) is 34.3 Å². The van der Waals surface area contributed by atoms with Crippen molar-refractivity contribution in [3.63, 3.8) is 0 Å². The van der Waals surface area contributed by atoms with Crippen molar-refractivity contribution < 1.29 is 9.53 Å². The van der Waals surface area contributed by atoms with Gasteiger partial charge in [0.1, 0.15) is 15.8 Å². The SMILES string of the molecule is COc1ccc(Cl)cc1NC(=O)N1CCCC(c2nnc(Cc3ccccc3)s2)C1. The molecule has 1 saturated heterocycles. The van der Waals surface area contributed by atoms with Gasteiger partial charge in [-0.05, 0) is 36.6 Å². The van der Waals surface area contributed by atoms with Crippen molar-refractivity contribution in [2.75, 3.05) is 25.5 Å². The first-order chi connectivity index (χ1) is 14.6. The Morgan fingerprint density at radius 2 is 2.10 bits per heavy atom. The summed E-state index contributed by atoms with van der Waals surface area (Å²) in [7, 11) is 1.57. The molecule has 156 valence electrons. The van der Waals surface area contributed by atoms with Crippen molar-refractivity contribution in [2.45, 2.75) is 25.2 Å². The number of amides is 2. The lowest BCUT2D eigenvalue weighted by atomic mass is 9.99. The highest BCUT2D eigenvalue weighted by atomic mass is 35.5. The van der Waals surface area contributed by atoms with Gasteiger partial charge in [0.05, 0.1) is 12.8 Å². The molecule has 0 aliphatic carbocycles. The number of anilines is 1. The summed E-state index contributed by atoms with van der Waals surface area (Å²) in [6.07, 6.45) is 2.71. The molecule has 3 aromatic rings. The number of likely N-dealkylation sites (tertiary alicyclic amines) is 1. The van der Waals surface area contributed by atoms with Crippen LogP contribution in [0.25, 0.3) is 0 Å². The van der Waals surface area contributed by atoms with Gasteiger partial charge in [0.15, 0.2) is 0 Å². The van der Waals surface area contributed by atoms with Crippen LogP contribution >= 0.6 is 22.9 Å². The lowest BCUT2D eigenvalue weighted by molar-refractivity contribution is 0.192. The first kappa shape index (κ1) is 20.6. The highest BCUT2D eigenvalue weighted by molar-refractivity contribution is 7.11. The predicted octanol–water partition coefficient (Wildman–Crippen LogP) is 5.20. The number of carbonyl (C=O) groups is 1. The van der Waals surface area contributed by atoms with Crippen molar-refractivity contribution in [3.8, 4) is 5.75 Å². The Morgan fingerprint density at radius 3 is 2.90 bits per heavy atom. The normalized spacial score (nSPS) is 16.3. The van der Waals surface area contributed by atoms with Gasteiger partial charge in [-0.1, -0.05) is 41.9 Å². The maximum absolute atomic E-state index is 12.9. The number of piperidine rings is 1. The highest BCUT2D eigenvalue weighted by Crippen LogP contribution is 2.31. The molecule has 2 heterocycles. The van der Waals surface area contributed by atoms with E-state index in [1.807, 2.05) is 23.1 Å². The molecule has 1 fully saturated rings. The van der Waals surface area contributed by atoms with E-state index in [-0.39, 0.29) is 11.9 Å². The number of aromatic nitrogens is 2. The average molecular weight is 443 g/mol. The van der Waals surface area contributed by atoms with Gasteiger partial charge >= 0.3 is 6.03 Å². The number of ether oxygens (including phenoxy) is 1. The summed E-state index contributed by atoms with van der Waals surface area (Å²) in [4.78, 5) is 14.7. The zero-order chi connectivity index (χ0) is 20.9. The van der Waals surface area contributed by atoms with E-state index in [2.05, 4.69) is 27.6 Å². The van der Waals surface area contributed by atoms with Gasteiger partial charge in [0, 0.05) is 30.5 Å². The average Bonchev–Trinajstić information content (AvgIpc) is 3.23. The second-order valence-corrected chi connectivity index (χ2v) is 8.79. The Hall–Kier alpha value is -2.64. The number of benzene rings is 2. The molecular weight excluding hydrogens is 420 g/mol. The van der Waals surface area contributed by atoms with E-state index < -0.39 is 0 Å². The minimum atomic E-state index is -0.158. The van der Waals surface area contributed by atoms with Gasteiger partial charge in [0.25, 0.3) is 0 Å². The van der Waals surface area contributed by atoms with Crippen LogP contribution in [0.3, 0.4) is 0 Å². The molecule has 2 aromatic carbocycles. The van der Waals surface area contributed by atoms with Gasteiger partial charge < -0.3 is 15.0 Å². The Kier molecular flexibility index (Phi) is 6.50. The molecule has 1 atom stereocenters. The van der Waals surface area contributed by atoms with Crippen molar-refractivity contribution in [1.82, 2.24) is 15.1 Å². The minimum absolute atomic E-state index is 0.158. The molecule has 4 rings (SSSR count). The minimum Gasteiger partial charge on any atom is -0.495 e. The van der Waals surface area contributed by atoms with E-state index in [0.29, 0.717) is 29.5 Å². The molecule has 1 aromatic heterocycles. The lowest BCUT2D eigenvalue weighted by Gasteiger charge is -2.31. The Morgan fingerprint density at radius 1 is 1.27 bits per heavy atom. The lowest BCUT2D eigenvalue weighted by Crippen LogP contribution is -2.41. The van der Waals surface area contributed by atoms with E-state index in [9.17, 15) is 4.79 Å². The quantitative estimate of drug-likeness (QED) is 0.589. The fraction of sp³-hybridized carbons (Fsp3) is 0.318. The Balaban J connectivity index is 1.41. The summed E-state index contributed by atoms with van der Waals surface area (Å²) < 4.78 is 5.32. The van der Waals surface area contributed by atoms with Crippen LogP contribution < -0.4 is 10.1 Å². The molecule has 0 radical (unpaired) electrons. The third-order valence-corrected chi connectivity index (χ3v) is 6.46. The fourth-order valence-electron chi connectivity index (χ4n) is 3.61. The molecule has 1 aliphatic heterocycles. The highest BCUT2D eigenvalue weighted by Gasteiger charge is 2.27. The van der Waals surface area contributed by atoms with Crippen molar-refractivity contribution in [2.24, 2.45) is 0 Å². The van der Waals surface area contributed by atoms with Crippen LogP contribution in [0, 0.1) is 0 Å². The molecule has 0 spiro atoms. The van der Waals surface area contributed by atoms with E-state index in [1.165, 1.54) is 5.56 Å². The zero-order valence-electron chi connectivity index (χ0n) is 16.7. The number of rotatable bonds is 5. The summed E-state index contributed by atoms with van der Waals surface area (Å²) in [5.41, 5.74) is 1.79. The largest absolute Gasteiger partial charge is 0.495 e. The van der Waals surface area contributed by atoms with Crippen LogP contribution in [0.4, 0.5) is 10.5 Å². The molecule has 30 heavy (non-hydrogen) atoms. The third-order valence-electron chi connectivity index (χ3n) is 5.14. The number of nitrogens with zero attached hydrogens (tertiary/aromatic N) is 3. The van der Waals surface area contributed by atoms with Gasteiger partial charge in [-0.25, -0.2) is 4.79 Å². The number of hydrogen-bond acceptors (Lipinski definition) is 5. The Bertz CT molecular complexity index is 1010. The summed E-state index contributed by atoms with van der Waals surface area (Å²) in [6, 6.07) is 15.3. The molecule has 2 amide bonds. The second kappa shape index (κ2) is 9.45. The first-order valence-corrected chi connectivity index (χ1v) is 11.1. The fourth-order valence-corrected chi connectivity index (χ4v) is 4.78. The number of hydrogen-bond donors (Lipinski definition) is 1. The van der Waals surface area contributed by atoms with Crippen LogP contribution in [0.15, 0.2) is 48.5 Å². The maximum Gasteiger partial charge on any atom is 0.321 e. The summed E-state index contributed by atoms with van der Waals surface area (Å²) in [6.45, 7) is 1.33. The number of nitrogens with one attached hydrogen (secondary N) is 1. The maximum atomic E-state index is 12.9. The van der Waals surface area contributed by atoms with Gasteiger partial charge in [0.2, 0.25) is 0 Å². The summed E-state index contributed by atoms with van der Waals surface area (Å²) in [5, 5.41) is 14.3. The van der Waals surface area contributed by atoms with Gasteiger partial charge in [-0.2, -0.15) is 0 Å². The first-order valence-electron chi connectivity index (χ1n) is 9.88. The van der Waals surface area contributed by atoms with Crippen LogP contribution in [0.2, 0.25) is 5.02 Å². The molecule has 6 nitrogen and oxygen atoms in total. The molecule has 1 N–H and O–H groups in total. The number of urea groups is 1. The van der Waals surface area contributed by atoms with Crippen molar-refractivity contribution in [1.29, 1.82) is 0 Å². The molecular formula is C22H23ClN4O2S. The molecule has 0 saturated carbocycles. The van der Waals surface area contributed by atoms with Crippen LogP contribution in [0.5, 0.6) is 5.75 Å². The predicted molar refractivity (Wildman–Crippen MR) is 120 cm³/mol. The van der Waals surface area contributed by atoms with Gasteiger partial charge in [-0.15, -0.1) is 21.5 Å². The standard InChI is InChI=1S/C22H23ClN4O2S/c1-29-19-10-9-17(23)13-18(19)24-22(28)27-11-5-8-16(14-27)21-26-25-20(30-21)12-15-6-3-2-4-7-15/h2-4,6-7,9-10,13,16H,5,8,11-12,14H2,1H3,(H,24,28). The van der Waals surface area contributed by atoms with E-state index in [0.717, 1.165) is 29.3 Å². The zero-order valence-corrected chi connectivity index (χ0v) is 18.2. The molecule has 8 heteroatoms. The summed E-state index contributed by atoms with van der Waals surface area (Å²) >= 11 is 7.71. The third kappa shape index (κ3) is 4.91. The topological polar surface area (TPSA) is 67.3 Å². The van der Waals surface area contributed by atoms with E-state index in [4.69, 9.17) is 16.3 Å². The van der Waals surface area contributed by atoms with Crippen molar-refractivity contribution in [3.05, 3.63) is 69.1 Å². The van der Waals surface area contributed by atoms with E-state index in [1.54, 1.807) is 36.6 Å². The van der Waals surface area contributed by atoms with Crippen LogP contribution in [-0.4, -0.2) is 41.3 Å². The monoisotopic (exact) mass is 442 g/mol. The molecule has 1 unspecified atom stereocenters. The van der Waals surface area contributed by atoms with Gasteiger partial charge in [-0.3, -0.25) is 0 Å². The Labute approximate surface area is 184 Å². The second-order valence-electron chi connectivity index (χ2n) is 7.26. The smallest absolute Gasteiger partial charge is 0.321 e. The molecule has 0 bridgehead atoms. The number of halogens is 1. The number of carbonyl (C=O) groups excluding carboxylic acids is 1. The molecule has 1 aliphatic rings. The number of methoxy groups -OCH3 is 1. The van der Waals surface area contributed by atoms with Crippen molar-refractivity contribution >= 4 is 34.7 Å². The van der Waals surface area contributed by atoms with Crippen LogP contribution in [-0.2, 0) is 6.42 Å². The van der Waals surface area contributed by atoms with E-state index >= 15 is 0 Å².